The van der Waals surface area contributed by atoms with Gasteiger partial charge in [0.05, 0.1) is 6.61 Å². The molecule has 176 valence electrons. The Labute approximate surface area is 194 Å². The quantitative estimate of drug-likeness (QED) is 0.342. The number of hydrogen-bond acceptors (Lipinski definition) is 4. The fraction of sp³-hybridized carbons (Fsp3) is 0.571. The molecule has 1 N–H and O–H groups in total. The van der Waals surface area contributed by atoms with E-state index in [0.717, 1.165) is 56.9 Å². The van der Waals surface area contributed by atoms with Gasteiger partial charge in [0.15, 0.2) is 0 Å². The van der Waals surface area contributed by atoms with Crippen molar-refractivity contribution in [2.75, 3.05) is 26.3 Å². The smallest absolute Gasteiger partial charge is 0.205 e. The Morgan fingerprint density at radius 3 is 2.44 bits per heavy atom. The monoisotopic (exact) mass is 439 g/mol. The van der Waals surface area contributed by atoms with Crippen molar-refractivity contribution in [3.05, 3.63) is 65.2 Å². The molecule has 0 atom stereocenters. The van der Waals surface area contributed by atoms with Gasteiger partial charge in [-0.3, -0.25) is 0 Å². The Balaban J connectivity index is 1.11. The van der Waals surface area contributed by atoms with Gasteiger partial charge in [-0.05, 0) is 74.9 Å². The van der Waals surface area contributed by atoms with Crippen molar-refractivity contribution in [2.45, 2.75) is 77.6 Å². The summed E-state index contributed by atoms with van der Waals surface area (Å²) in [5.74, 6) is 0.430. The van der Waals surface area contributed by atoms with E-state index in [9.17, 15) is 0 Å². The molecule has 32 heavy (non-hydrogen) atoms. The summed E-state index contributed by atoms with van der Waals surface area (Å²) in [6.07, 6.45) is 9.49. The number of unbranched alkanes of at least 4 members (excludes halogenated alkanes) is 4. The summed E-state index contributed by atoms with van der Waals surface area (Å²) >= 11 is 0. The molecule has 0 bridgehead atoms. The van der Waals surface area contributed by atoms with Crippen LogP contribution in [0.1, 0.15) is 69.1 Å². The molecule has 0 aliphatic carbocycles. The van der Waals surface area contributed by atoms with Gasteiger partial charge in [0, 0.05) is 32.6 Å². The van der Waals surface area contributed by atoms with E-state index in [2.05, 4.69) is 53.8 Å². The molecule has 3 rings (SSSR count). The zero-order chi connectivity index (χ0) is 22.5. The highest BCUT2D eigenvalue weighted by Gasteiger charge is 2.27. The van der Waals surface area contributed by atoms with Crippen LogP contribution in [0.2, 0.25) is 0 Å². The molecule has 0 radical (unpaired) electrons. The van der Waals surface area contributed by atoms with Crippen LogP contribution < -0.4 is 10.1 Å². The molecule has 1 aliphatic rings. The van der Waals surface area contributed by atoms with Crippen molar-refractivity contribution in [1.82, 2.24) is 5.32 Å². The van der Waals surface area contributed by atoms with E-state index in [1.165, 1.54) is 43.2 Å². The second-order valence-electron chi connectivity index (χ2n) is 9.20. The van der Waals surface area contributed by atoms with Gasteiger partial charge in [-0.25, -0.2) is 0 Å². The minimum absolute atomic E-state index is 0.523. The Bertz CT molecular complexity index is 776. The highest BCUT2D eigenvalue weighted by molar-refractivity contribution is 5.38. The van der Waals surface area contributed by atoms with E-state index in [4.69, 9.17) is 14.2 Å². The van der Waals surface area contributed by atoms with Crippen LogP contribution in [-0.4, -0.2) is 32.1 Å². The summed E-state index contributed by atoms with van der Waals surface area (Å²) in [6.45, 7) is 8.43. The van der Waals surface area contributed by atoms with Crippen molar-refractivity contribution in [3.8, 4) is 5.75 Å². The lowest BCUT2D eigenvalue weighted by molar-refractivity contribution is -0.180. The molecule has 0 spiro atoms. The van der Waals surface area contributed by atoms with Crippen LogP contribution >= 0.6 is 0 Å². The molecule has 0 saturated carbocycles. The largest absolute Gasteiger partial charge is 0.463 e. The average Bonchev–Trinajstić information content (AvgIpc) is 2.79. The zero-order valence-corrected chi connectivity index (χ0v) is 20.0. The van der Waals surface area contributed by atoms with Gasteiger partial charge in [-0.2, -0.15) is 0 Å². The van der Waals surface area contributed by atoms with Gasteiger partial charge < -0.3 is 19.5 Å². The molecule has 2 aromatic rings. The number of hydrogen-bond donors (Lipinski definition) is 1. The number of ether oxygens (including phenoxy) is 3. The van der Waals surface area contributed by atoms with Crippen LogP contribution in [0.5, 0.6) is 5.75 Å². The molecule has 1 heterocycles. The first kappa shape index (κ1) is 24.8. The lowest BCUT2D eigenvalue weighted by Gasteiger charge is -2.32. The summed E-state index contributed by atoms with van der Waals surface area (Å²) in [7, 11) is 0. The van der Waals surface area contributed by atoms with Crippen molar-refractivity contribution in [1.29, 1.82) is 0 Å². The number of benzene rings is 2. The number of aryl methyl sites for hydroxylation is 1. The van der Waals surface area contributed by atoms with Gasteiger partial charge in [-0.1, -0.05) is 49.2 Å². The topological polar surface area (TPSA) is 39.7 Å². The van der Waals surface area contributed by atoms with Gasteiger partial charge in [0.25, 0.3) is 0 Å². The van der Waals surface area contributed by atoms with E-state index in [1.807, 2.05) is 13.8 Å². The molecule has 4 heteroatoms. The van der Waals surface area contributed by atoms with Crippen molar-refractivity contribution in [3.63, 3.8) is 0 Å². The SMILES string of the molecule is CC1(C)OCc2cc(CCNCCCCCCOCCCCc3ccccc3)ccc2O1. The Morgan fingerprint density at radius 1 is 0.812 bits per heavy atom. The first-order valence-electron chi connectivity index (χ1n) is 12.4. The molecular formula is C28H41NO3. The molecule has 0 saturated heterocycles. The summed E-state index contributed by atoms with van der Waals surface area (Å²) in [6, 6.07) is 17.2. The van der Waals surface area contributed by atoms with E-state index in [-0.39, 0.29) is 0 Å². The van der Waals surface area contributed by atoms with Crippen LogP contribution in [0, 0.1) is 0 Å². The minimum atomic E-state index is -0.523. The van der Waals surface area contributed by atoms with Crippen molar-refractivity contribution < 1.29 is 14.2 Å². The third kappa shape index (κ3) is 9.32. The van der Waals surface area contributed by atoms with E-state index < -0.39 is 5.79 Å². The van der Waals surface area contributed by atoms with Gasteiger partial charge in [0.1, 0.15) is 5.75 Å². The van der Waals surface area contributed by atoms with Gasteiger partial charge >= 0.3 is 0 Å². The molecule has 0 aromatic heterocycles. The molecule has 1 aliphatic heterocycles. The molecule has 0 amide bonds. The average molecular weight is 440 g/mol. The van der Waals surface area contributed by atoms with Crippen molar-refractivity contribution >= 4 is 0 Å². The van der Waals surface area contributed by atoms with Crippen LogP contribution in [0.4, 0.5) is 0 Å². The molecule has 0 fully saturated rings. The predicted octanol–water partition coefficient (Wildman–Crippen LogP) is 6.06. The van der Waals surface area contributed by atoms with E-state index in [1.54, 1.807) is 0 Å². The Kier molecular flexibility index (Phi) is 10.5. The standard InChI is InChI=1S/C28H41NO3/c1-28(2)31-23-26-22-25(15-16-27(26)32-28)17-19-29-18-9-3-4-10-20-30-21-11-8-14-24-12-6-5-7-13-24/h5-7,12-13,15-16,22,29H,3-4,8-11,14,17-21,23H2,1-2H3. The van der Waals surface area contributed by atoms with E-state index in [0.29, 0.717) is 6.61 Å². The summed E-state index contributed by atoms with van der Waals surface area (Å²) < 4.78 is 17.4. The first-order chi connectivity index (χ1) is 15.6. The number of rotatable bonds is 15. The molecule has 4 nitrogen and oxygen atoms in total. The third-order valence-corrected chi connectivity index (χ3v) is 5.89. The minimum Gasteiger partial charge on any atom is -0.463 e. The second-order valence-corrected chi connectivity index (χ2v) is 9.20. The molecular weight excluding hydrogens is 398 g/mol. The predicted molar refractivity (Wildman–Crippen MR) is 131 cm³/mol. The van der Waals surface area contributed by atoms with Crippen LogP contribution in [0.25, 0.3) is 0 Å². The third-order valence-electron chi connectivity index (χ3n) is 5.89. The van der Waals surface area contributed by atoms with Crippen molar-refractivity contribution in [2.24, 2.45) is 0 Å². The van der Waals surface area contributed by atoms with E-state index >= 15 is 0 Å². The number of fused-ring (bicyclic) bond motifs is 1. The highest BCUT2D eigenvalue weighted by atomic mass is 16.7. The summed E-state index contributed by atoms with van der Waals surface area (Å²) in [4.78, 5) is 0. The maximum atomic E-state index is 5.87. The van der Waals surface area contributed by atoms with Crippen LogP contribution in [0.15, 0.2) is 48.5 Å². The lowest BCUT2D eigenvalue weighted by Crippen LogP contribution is -2.35. The summed E-state index contributed by atoms with van der Waals surface area (Å²) in [5.41, 5.74) is 3.92. The maximum absolute atomic E-state index is 5.87. The molecule has 0 unspecified atom stereocenters. The van der Waals surface area contributed by atoms with Gasteiger partial charge in [-0.15, -0.1) is 0 Å². The second kappa shape index (κ2) is 13.6. The molecule has 2 aromatic carbocycles. The fourth-order valence-electron chi connectivity index (χ4n) is 3.99. The first-order valence-corrected chi connectivity index (χ1v) is 12.4. The highest BCUT2D eigenvalue weighted by Crippen LogP contribution is 2.31. The number of nitrogens with one attached hydrogen (secondary N) is 1. The van der Waals surface area contributed by atoms with Crippen LogP contribution in [-0.2, 0) is 28.9 Å². The normalized spacial score (nSPS) is 14.7. The Morgan fingerprint density at radius 2 is 1.59 bits per heavy atom. The zero-order valence-electron chi connectivity index (χ0n) is 20.0. The maximum Gasteiger partial charge on any atom is 0.205 e. The lowest BCUT2D eigenvalue weighted by atomic mass is 10.1. The van der Waals surface area contributed by atoms with Gasteiger partial charge in [0.2, 0.25) is 5.79 Å². The Hall–Kier alpha value is -1.88. The fourth-order valence-corrected chi connectivity index (χ4v) is 3.99. The van der Waals surface area contributed by atoms with Crippen LogP contribution in [0.3, 0.4) is 0 Å². The summed E-state index contributed by atoms with van der Waals surface area (Å²) in [5, 5.41) is 3.57.